The van der Waals surface area contributed by atoms with Gasteiger partial charge in [0.05, 0.1) is 16.2 Å². The Morgan fingerprint density at radius 2 is 2.07 bits per heavy atom. The van der Waals surface area contributed by atoms with Crippen molar-refractivity contribution in [2.24, 2.45) is 0 Å². The van der Waals surface area contributed by atoms with Crippen LogP contribution in [-0.2, 0) is 0 Å². The molecule has 2 aromatic carbocycles. The molecule has 1 aromatic heterocycles. The Hall–Kier alpha value is -3.12. The van der Waals surface area contributed by atoms with Crippen molar-refractivity contribution in [1.82, 2.24) is 10.3 Å². The lowest BCUT2D eigenvalue weighted by molar-refractivity contribution is 0.112. The largest absolute Gasteiger partial charge is 0.457 e. The van der Waals surface area contributed by atoms with Crippen LogP contribution in [0.25, 0.3) is 10.9 Å². The highest BCUT2D eigenvalue weighted by Gasteiger charge is 2.23. The van der Waals surface area contributed by atoms with Crippen LogP contribution in [-0.4, -0.2) is 23.3 Å². The van der Waals surface area contributed by atoms with Crippen molar-refractivity contribution in [3.63, 3.8) is 0 Å². The molecule has 28 heavy (non-hydrogen) atoms. The van der Waals surface area contributed by atoms with E-state index in [4.69, 9.17) is 16.3 Å². The quantitative estimate of drug-likeness (QED) is 0.590. The summed E-state index contributed by atoms with van der Waals surface area (Å²) >= 11 is 6.30. The van der Waals surface area contributed by atoms with Gasteiger partial charge in [0.1, 0.15) is 17.8 Å². The first-order valence-electron chi connectivity index (χ1n) is 8.93. The average molecular weight is 396 g/mol. The van der Waals surface area contributed by atoms with Crippen LogP contribution in [0.4, 0.5) is 10.5 Å². The van der Waals surface area contributed by atoms with Crippen LogP contribution >= 0.6 is 11.6 Å². The second kappa shape index (κ2) is 7.48. The van der Waals surface area contributed by atoms with Crippen LogP contribution in [0.15, 0.2) is 42.6 Å². The Kier molecular flexibility index (Phi) is 4.88. The number of aldehydes is 1. The van der Waals surface area contributed by atoms with E-state index in [-0.39, 0.29) is 12.1 Å². The van der Waals surface area contributed by atoms with E-state index in [2.05, 4.69) is 15.6 Å². The Morgan fingerprint density at radius 1 is 1.25 bits per heavy atom. The zero-order valence-electron chi connectivity index (χ0n) is 15.2. The second-order valence-corrected chi connectivity index (χ2v) is 7.18. The smallest absolute Gasteiger partial charge is 0.319 e. The fraction of sp³-hybridized carbons (Fsp3) is 0.190. The number of urea groups is 1. The molecular weight excluding hydrogens is 378 g/mol. The molecule has 7 heteroatoms. The monoisotopic (exact) mass is 395 g/mol. The van der Waals surface area contributed by atoms with E-state index in [0.717, 1.165) is 35.6 Å². The van der Waals surface area contributed by atoms with Crippen LogP contribution in [0.2, 0.25) is 5.02 Å². The van der Waals surface area contributed by atoms with Gasteiger partial charge < -0.3 is 15.4 Å². The summed E-state index contributed by atoms with van der Waals surface area (Å²) in [6, 6.07) is 10.4. The van der Waals surface area contributed by atoms with Crippen LogP contribution in [0.3, 0.4) is 0 Å². The minimum atomic E-state index is -0.269. The number of aryl methyl sites for hydroxylation is 1. The molecule has 0 atom stereocenters. The average Bonchev–Trinajstić information content (AvgIpc) is 3.47. The maximum absolute atomic E-state index is 11.9. The molecule has 1 saturated carbocycles. The molecule has 2 N–H and O–H groups in total. The predicted octanol–water partition coefficient (Wildman–Crippen LogP) is 5.09. The molecule has 6 nitrogen and oxygen atoms in total. The van der Waals surface area contributed by atoms with Gasteiger partial charge in [-0.3, -0.25) is 9.78 Å². The van der Waals surface area contributed by atoms with Crippen molar-refractivity contribution < 1.29 is 14.3 Å². The number of pyridine rings is 1. The number of aromatic nitrogens is 1. The number of benzene rings is 2. The minimum Gasteiger partial charge on any atom is -0.457 e. The van der Waals surface area contributed by atoms with Crippen molar-refractivity contribution in [2.45, 2.75) is 25.8 Å². The number of nitrogens with one attached hydrogen (secondary N) is 2. The number of ether oxygens (including phenoxy) is 1. The van der Waals surface area contributed by atoms with E-state index in [1.54, 1.807) is 36.5 Å². The number of amides is 2. The third-order valence-electron chi connectivity index (χ3n) is 4.55. The number of hydrogen-bond acceptors (Lipinski definition) is 4. The zero-order chi connectivity index (χ0) is 19.7. The highest BCUT2D eigenvalue weighted by molar-refractivity contribution is 6.33. The van der Waals surface area contributed by atoms with Crippen LogP contribution < -0.4 is 15.4 Å². The van der Waals surface area contributed by atoms with Gasteiger partial charge in [-0.05, 0) is 55.7 Å². The molecule has 0 radical (unpaired) electrons. The number of anilines is 1. The third-order valence-corrected chi connectivity index (χ3v) is 4.86. The van der Waals surface area contributed by atoms with Crippen LogP contribution in [0, 0.1) is 6.92 Å². The molecule has 2 amide bonds. The zero-order valence-corrected chi connectivity index (χ0v) is 15.9. The second-order valence-electron chi connectivity index (χ2n) is 6.77. The van der Waals surface area contributed by atoms with E-state index < -0.39 is 0 Å². The van der Waals surface area contributed by atoms with Gasteiger partial charge in [-0.15, -0.1) is 0 Å². The first-order valence-corrected chi connectivity index (χ1v) is 9.31. The standard InChI is InChI=1S/C21H18ClN3O3/c1-12-8-19-16(9-13(12)11-26)20(6-7-23-19)28-15-4-5-18(17(22)10-15)25-21(27)24-14-2-3-14/h4-11,14H,2-3H2,1H3,(H2,24,25,27). The van der Waals surface area contributed by atoms with Gasteiger partial charge >= 0.3 is 6.03 Å². The fourth-order valence-electron chi connectivity index (χ4n) is 2.86. The lowest BCUT2D eigenvalue weighted by Gasteiger charge is -2.12. The predicted molar refractivity (Wildman–Crippen MR) is 109 cm³/mol. The van der Waals surface area contributed by atoms with E-state index >= 15 is 0 Å². The molecule has 142 valence electrons. The Balaban J connectivity index is 1.58. The first kappa shape index (κ1) is 18.3. The fourth-order valence-corrected chi connectivity index (χ4v) is 3.08. The van der Waals surface area contributed by atoms with Crippen molar-refractivity contribution in [3.8, 4) is 11.5 Å². The van der Waals surface area contributed by atoms with Gasteiger partial charge in [-0.1, -0.05) is 11.6 Å². The molecule has 4 rings (SSSR count). The number of fused-ring (bicyclic) bond motifs is 1. The molecule has 1 aliphatic carbocycles. The molecule has 1 aliphatic rings. The molecule has 0 aliphatic heterocycles. The third kappa shape index (κ3) is 3.92. The topological polar surface area (TPSA) is 80.3 Å². The number of rotatable bonds is 5. The molecule has 0 saturated heterocycles. The van der Waals surface area contributed by atoms with Crippen molar-refractivity contribution in [1.29, 1.82) is 0 Å². The number of carbonyl (C=O) groups excluding carboxylic acids is 2. The summed E-state index contributed by atoms with van der Waals surface area (Å²) in [5.41, 5.74) is 2.69. The Morgan fingerprint density at radius 3 is 2.79 bits per heavy atom. The Bertz CT molecular complexity index is 1080. The summed E-state index contributed by atoms with van der Waals surface area (Å²) in [6.45, 7) is 1.86. The molecular formula is C21H18ClN3O3. The lowest BCUT2D eigenvalue weighted by Crippen LogP contribution is -2.30. The molecule has 0 spiro atoms. The van der Waals surface area contributed by atoms with E-state index in [1.165, 1.54) is 0 Å². The normalized spacial score (nSPS) is 13.2. The number of carbonyl (C=O) groups is 2. The van der Waals surface area contributed by atoms with Crippen molar-refractivity contribution in [3.05, 3.63) is 58.7 Å². The van der Waals surface area contributed by atoms with E-state index in [9.17, 15) is 9.59 Å². The van der Waals surface area contributed by atoms with Crippen molar-refractivity contribution in [2.75, 3.05) is 5.32 Å². The molecule has 0 bridgehead atoms. The maximum Gasteiger partial charge on any atom is 0.319 e. The summed E-state index contributed by atoms with van der Waals surface area (Å²) < 4.78 is 5.98. The summed E-state index contributed by atoms with van der Waals surface area (Å²) in [5.74, 6) is 1.08. The van der Waals surface area contributed by atoms with Gasteiger partial charge in [0.2, 0.25) is 0 Å². The van der Waals surface area contributed by atoms with Gasteiger partial charge in [-0.25, -0.2) is 4.79 Å². The van der Waals surface area contributed by atoms with E-state index in [0.29, 0.717) is 27.8 Å². The van der Waals surface area contributed by atoms with E-state index in [1.807, 2.05) is 13.0 Å². The molecule has 3 aromatic rings. The van der Waals surface area contributed by atoms with Crippen LogP contribution in [0.5, 0.6) is 11.5 Å². The van der Waals surface area contributed by atoms with Gasteiger partial charge in [0.25, 0.3) is 0 Å². The highest BCUT2D eigenvalue weighted by Crippen LogP contribution is 2.33. The molecule has 0 unspecified atom stereocenters. The maximum atomic E-state index is 11.9. The summed E-state index contributed by atoms with van der Waals surface area (Å²) in [6.07, 6.45) is 4.49. The number of hydrogen-bond donors (Lipinski definition) is 2. The molecule has 1 heterocycles. The summed E-state index contributed by atoms with van der Waals surface area (Å²) in [7, 11) is 0. The van der Waals surface area contributed by atoms with Gasteiger partial charge in [0.15, 0.2) is 0 Å². The van der Waals surface area contributed by atoms with Crippen LogP contribution in [0.1, 0.15) is 28.8 Å². The first-order chi connectivity index (χ1) is 13.5. The summed E-state index contributed by atoms with van der Waals surface area (Å²) in [5, 5.41) is 6.68. The lowest BCUT2D eigenvalue weighted by atomic mass is 10.1. The highest BCUT2D eigenvalue weighted by atomic mass is 35.5. The van der Waals surface area contributed by atoms with Gasteiger partial charge in [-0.2, -0.15) is 0 Å². The van der Waals surface area contributed by atoms with Crippen molar-refractivity contribution >= 4 is 40.5 Å². The van der Waals surface area contributed by atoms with Gasteiger partial charge in [0, 0.05) is 29.3 Å². The summed E-state index contributed by atoms with van der Waals surface area (Å²) in [4.78, 5) is 27.5. The minimum absolute atomic E-state index is 0.265. The molecule has 1 fully saturated rings. The number of nitrogens with zero attached hydrogens (tertiary/aromatic N) is 1. The Labute approximate surface area is 166 Å². The SMILES string of the molecule is Cc1cc2nccc(Oc3ccc(NC(=O)NC4CC4)c(Cl)c3)c2cc1C=O. The number of halogens is 1.